The van der Waals surface area contributed by atoms with Gasteiger partial charge in [-0.1, -0.05) is 6.92 Å². The molecule has 0 bridgehead atoms. The van der Waals surface area contributed by atoms with Crippen molar-refractivity contribution in [2.45, 2.75) is 13.3 Å². The number of carbonyl (C=O) groups is 1. The molecule has 4 heteroatoms. The Bertz CT molecular complexity index is 64.3. The molecule has 0 aliphatic heterocycles. The summed E-state index contributed by atoms with van der Waals surface area (Å²) in [6, 6.07) is 0. The molecule has 1 N–H and O–H groups in total. The molecule has 0 fully saturated rings. The summed E-state index contributed by atoms with van der Waals surface area (Å²) >= 11 is 0. The average Bonchev–Trinajstić information content (AvgIpc) is 1.61. The van der Waals surface area contributed by atoms with Crippen LogP contribution in [0.15, 0.2) is 0 Å². The molecule has 0 aromatic heterocycles. The summed E-state index contributed by atoms with van der Waals surface area (Å²) in [7, 11) is 0. The summed E-state index contributed by atoms with van der Waals surface area (Å²) in [6.45, 7) is 2.15. The standard InChI is InChI=1S/C4H8O3.Ca.2H/c1-2-3-7-4(5)6;;;/h2-3H2,1H3,(H,5,6);;;. The Morgan fingerprint density at radius 3 is 2.38 bits per heavy atom. The summed E-state index contributed by atoms with van der Waals surface area (Å²) < 4.78 is 4.11. The van der Waals surface area contributed by atoms with E-state index in [0.29, 0.717) is 6.61 Å². The van der Waals surface area contributed by atoms with E-state index in [0.717, 1.165) is 6.42 Å². The zero-order valence-electron chi connectivity index (χ0n) is 4.18. The second-order valence-electron chi connectivity index (χ2n) is 1.11. The molecule has 0 rings (SSSR count). The van der Waals surface area contributed by atoms with Gasteiger partial charge in [0.2, 0.25) is 0 Å². The van der Waals surface area contributed by atoms with Gasteiger partial charge < -0.3 is 9.84 Å². The van der Waals surface area contributed by atoms with Gasteiger partial charge in [-0.3, -0.25) is 0 Å². The number of rotatable bonds is 2. The molecule has 46 valence electrons. The van der Waals surface area contributed by atoms with Gasteiger partial charge >= 0.3 is 43.9 Å². The van der Waals surface area contributed by atoms with Gasteiger partial charge in [0, 0.05) is 0 Å². The molecule has 0 saturated carbocycles. The van der Waals surface area contributed by atoms with Crippen LogP contribution in [-0.4, -0.2) is 55.6 Å². The topological polar surface area (TPSA) is 46.5 Å². The predicted molar refractivity (Wildman–Crippen MR) is 32.8 cm³/mol. The minimum atomic E-state index is -1.19. The third-order valence-electron chi connectivity index (χ3n) is 0.430. The Labute approximate surface area is 78.0 Å². The summed E-state index contributed by atoms with van der Waals surface area (Å²) in [6.07, 6.45) is -0.450. The first-order chi connectivity index (χ1) is 3.27. The van der Waals surface area contributed by atoms with Crippen molar-refractivity contribution < 1.29 is 14.6 Å². The predicted octanol–water partition coefficient (Wildman–Crippen LogP) is 0.175. The van der Waals surface area contributed by atoms with E-state index in [4.69, 9.17) is 5.11 Å². The van der Waals surface area contributed by atoms with E-state index in [9.17, 15) is 4.79 Å². The quantitative estimate of drug-likeness (QED) is 0.446. The van der Waals surface area contributed by atoms with E-state index in [-0.39, 0.29) is 37.7 Å². The summed E-state index contributed by atoms with van der Waals surface area (Å²) in [4.78, 5) is 9.54. The third-order valence-corrected chi connectivity index (χ3v) is 0.430. The molecule has 0 saturated heterocycles. The maximum atomic E-state index is 9.54. The van der Waals surface area contributed by atoms with E-state index in [2.05, 4.69) is 4.74 Å². The molecule has 0 amide bonds. The third kappa shape index (κ3) is 9.73. The molecule has 0 unspecified atom stereocenters. The zero-order chi connectivity index (χ0) is 5.70. The Morgan fingerprint density at radius 1 is 1.75 bits per heavy atom. The van der Waals surface area contributed by atoms with Gasteiger partial charge in [0.25, 0.3) is 0 Å². The summed E-state index contributed by atoms with van der Waals surface area (Å²) in [5.74, 6) is 0. The molecule has 0 heterocycles. The minimum absolute atomic E-state index is 0. The molecule has 8 heavy (non-hydrogen) atoms. The summed E-state index contributed by atoms with van der Waals surface area (Å²) in [5.41, 5.74) is 0. The van der Waals surface area contributed by atoms with Crippen molar-refractivity contribution in [3.05, 3.63) is 0 Å². The number of carboxylic acid groups (broad SMARTS) is 1. The van der Waals surface area contributed by atoms with Crippen LogP contribution in [0.5, 0.6) is 0 Å². The van der Waals surface area contributed by atoms with Crippen LogP contribution >= 0.6 is 0 Å². The molecule has 0 aliphatic rings. The normalized spacial score (nSPS) is 7.12. The first-order valence-electron chi connectivity index (χ1n) is 2.13. The average molecular weight is 146 g/mol. The van der Waals surface area contributed by atoms with E-state index >= 15 is 0 Å². The Kier molecular flexibility index (Phi) is 10.7. The number of hydrogen-bond donors (Lipinski definition) is 1. The number of ether oxygens (including phenoxy) is 1. The second kappa shape index (κ2) is 7.53. The van der Waals surface area contributed by atoms with E-state index in [1.807, 2.05) is 6.92 Å². The van der Waals surface area contributed by atoms with E-state index < -0.39 is 6.16 Å². The van der Waals surface area contributed by atoms with Crippen LogP contribution in [0.2, 0.25) is 0 Å². The van der Waals surface area contributed by atoms with Crippen molar-refractivity contribution in [1.82, 2.24) is 0 Å². The van der Waals surface area contributed by atoms with Gasteiger partial charge in [-0.15, -0.1) is 0 Å². The molecular weight excluding hydrogens is 136 g/mol. The van der Waals surface area contributed by atoms with Crippen molar-refractivity contribution in [3.8, 4) is 0 Å². The van der Waals surface area contributed by atoms with Crippen LogP contribution in [0.1, 0.15) is 13.3 Å². The van der Waals surface area contributed by atoms with E-state index in [1.165, 1.54) is 0 Å². The van der Waals surface area contributed by atoms with Crippen LogP contribution < -0.4 is 0 Å². The van der Waals surface area contributed by atoms with Gasteiger partial charge in [0.15, 0.2) is 0 Å². The van der Waals surface area contributed by atoms with Crippen LogP contribution in [0.3, 0.4) is 0 Å². The van der Waals surface area contributed by atoms with Gasteiger partial charge in [0.1, 0.15) is 0 Å². The molecule has 0 atom stereocenters. The van der Waals surface area contributed by atoms with Gasteiger partial charge in [-0.05, 0) is 6.42 Å². The van der Waals surface area contributed by atoms with Crippen LogP contribution in [0.25, 0.3) is 0 Å². The fraction of sp³-hybridized carbons (Fsp3) is 0.750. The SMILES string of the molecule is CCCOC(=O)O.[CaH2]. The molecular formula is C4H10CaO3. The zero-order valence-corrected chi connectivity index (χ0v) is 4.18. The first-order valence-corrected chi connectivity index (χ1v) is 2.13. The fourth-order valence-electron chi connectivity index (χ4n) is 0.189. The van der Waals surface area contributed by atoms with Crippen molar-refractivity contribution in [2.75, 3.05) is 6.61 Å². The van der Waals surface area contributed by atoms with E-state index in [1.54, 1.807) is 0 Å². The van der Waals surface area contributed by atoms with Crippen LogP contribution in [-0.2, 0) is 4.74 Å². The Balaban J connectivity index is 0. The van der Waals surface area contributed by atoms with Crippen molar-refractivity contribution in [1.29, 1.82) is 0 Å². The molecule has 0 spiro atoms. The molecule has 0 aliphatic carbocycles. The number of hydrogen-bond acceptors (Lipinski definition) is 2. The van der Waals surface area contributed by atoms with Gasteiger partial charge in [0.05, 0.1) is 6.61 Å². The molecule has 0 aromatic carbocycles. The van der Waals surface area contributed by atoms with Gasteiger partial charge in [-0.25, -0.2) is 4.79 Å². The maximum absolute atomic E-state index is 9.54. The van der Waals surface area contributed by atoms with Gasteiger partial charge in [-0.2, -0.15) is 0 Å². The molecule has 0 aromatic rings. The Morgan fingerprint density at radius 2 is 2.25 bits per heavy atom. The monoisotopic (exact) mass is 146 g/mol. The van der Waals surface area contributed by atoms with Crippen LogP contribution in [0, 0.1) is 0 Å². The molecule has 0 radical (unpaired) electrons. The van der Waals surface area contributed by atoms with Crippen molar-refractivity contribution in [3.63, 3.8) is 0 Å². The molecule has 3 nitrogen and oxygen atoms in total. The summed E-state index contributed by atoms with van der Waals surface area (Å²) in [5, 5.41) is 7.82. The van der Waals surface area contributed by atoms with Crippen LogP contribution in [0.4, 0.5) is 4.79 Å². The fourth-order valence-corrected chi connectivity index (χ4v) is 0.189. The van der Waals surface area contributed by atoms with Crippen molar-refractivity contribution >= 4 is 43.9 Å². The first kappa shape index (κ1) is 11.3. The Hall–Kier alpha value is 0.530. The van der Waals surface area contributed by atoms with Crippen molar-refractivity contribution in [2.24, 2.45) is 0 Å². The second-order valence-corrected chi connectivity index (χ2v) is 1.11.